The van der Waals surface area contributed by atoms with E-state index >= 15 is 0 Å². The third-order valence-electron chi connectivity index (χ3n) is 17.6. The zero-order valence-electron chi connectivity index (χ0n) is 44.5. The van der Waals surface area contributed by atoms with Crippen LogP contribution in [-0.4, -0.2) is 112 Å². The Kier molecular flexibility index (Phi) is 12.8. The zero-order valence-corrected chi connectivity index (χ0v) is 47.6. The van der Waals surface area contributed by atoms with E-state index in [1.165, 1.54) is 0 Å². The van der Waals surface area contributed by atoms with Gasteiger partial charge in [-0.25, -0.2) is 9.97 Å². The van der Waals surface area contributed by atoms with E-state index in [0.717, 1.165) is 112 Å². The van der Waals surface area contributed by atoms with Crippen LogP contribution >= 0.6 is 0 Å². The zero-order chi connectivity index (χ0) is 53.0. The summed E-state index contributed by atoms with van der Waals surface area (Å²) in [6, 6.07) is 43.1. The molecular weight excluding hydrogens is 946 g/mol. The van der Waals surface area contributed by atoms with E-state index in [1.807, 2.05) is 56.8 Å². The Bertz CT molecular complexity index is 3620. The number of fused-ring (bicyclic) bond motifs is 8. The van der Waals surface area contributed by atoms with Crippen molar-refractivity contribution in [1.82, 2.24) is 19.9 Å². The number of rotatable bonds is 12. The average Bonchev–Trinajstić information content (AvgIpc) is 3.95. The van der Waals surface area contributed by atoms with E-state index < -0.39 is 41.7 Å². The van der Waals surface area contributed by atoms with Gasteiger partial charge >= 0.3 is 51.4 Å². The number of benzene rings is 4. The summed E-state index contributed by atoms with van der Waals surface area (Å²) < 4.78 is 0. The second-order valence-corrected chi connectivity index (χ2v) is 23.9. The van der Waals surface area contributed by atoms with Crippen molar-refractivity contribution < 1.29 is 51.4 Å². The molecule has 8 unspecified atom stereocenters. The molecule has 17 heteroatoms. The molecule has 77 heavy (non-hydrogen) atoms. The van der Waals surface area contributed by atoms with Crippen LogP contribution in [0.4, 0.5) is 0 Å². The van der Waals surface area contributed by atoms with Gasteiger partial charge in [-0.3, -0.25) is 0 Å². The van der Waals surface area contributed by atoms with Crippen molar-refractivity contribution >= 4 is 138 Å². The second-order valence-electron chi connectivity index (χ2n) is 23.9. The van der Waals surface area contributed by atoms with E-state index in [0.29, 0.717) is 25.7 Å². The smallest absolute Gasteiger partial charge is 0.354 e. The third kappa shape index (κ3) is 9.54. The molecule has 0 amide bonds. The molecule has 0 spiro atoms. The number of hydrogen-bond donors (Lipinski definition) is 2. The predicted molar refractivity (Wildman–Crippen MR) is 329 cm³/mol. The van der Waals surface area contributed by atoms with Crippen molar-refractivity contribution in [3.05, 3.63) is 166 Å². The first kappa shape index (κ1) is 53.5. The molecule has 20 radical (unpaired) electrons. The number of aromatic amines is 2. The molecule has 9 heterocycles. The van der Waals surface area contributed by atoms with Crippen molar-refractivity contribution in [1.29, 1.82) is 0 Å². The Morgan fingerprint density at radius 3 is 0.779 bits per heavy atom. The van der Waals surface area contributed by atoms with Crippen molar-refractivity contribution in [2.75, 3.05) is 0 Å². The number of hydrogen-bond acceptors (Lipinski definition) is 2. The van der Waals surface area contributed by atoms with E-state index in [1.54, 1.807) is 0 Å². The third-order valence-corrected chi connectivity index (χ3v) is 17.6. The second kappa shape index (κ2) is 18.5. The van der Waals surface area contributed by atoms with Crippen molar-refractivity contribution in [3.8, 4) is 44.5 Å². The van der Waals surface area contributed by atoms with Gasteiger partial charge in [-0.1, -0.05) is 146 Å². The first-order chi connectivity index (χ1) is 35.9. The molecule has 4 aromatic carbocycles. The Labute approximate surface area is 510 Å². The molecule has 4 saturated heterocycles. The molecule has 6 aliphatic rings. The summed E-state index contributed by atoms with van der Waals surface area (Å²) in [6.07, 6.45) is 11.0. The van der Waals surface area contributed by atoms with Crippen LogP contribution in [0.15, 0.2) is 121 Å². The van der Waals surface area contributed by atoms with E-state index in [-0.39, 0.29) is 51.4 Å². The number of nitrogens with one attached hydrogen (secondary N) is 2. The van der Waals surface area contributed by atoms with Crippen molar-refractivity contribution in [3.63, 3.8) is 0 Å². The van der Waals surface area contributed by atoms with Gasteiger partial charge in [0.1, 0.15) is 29.1 Å². The minimum absolute atomic E-state index is 0. The normalized spacial score (nSPS) is 29.8. The van der Waals surface area contributed by atoms with Crippen molar-refractivity contribution in [2.45, 2.75) is 95.1 Å². The Morgan fingerprint density at radius 1 is 0.325 bits per heavy atom. The summed E-state index contributed by atoms with van der Waals surface area (Å²) in [6.45, 7) is 7.91. The summed E-state index contributed by atoms with van der Waals surface area (Å²) in [5, 5.41) is -4.25. The molecule has 4 fully saturated rings. The van der Waals surface area contributed by atoms with Crippen LogP contribution in [0.5, 0.6) is 0 Å². The first-order valence-electron chi connectivity index (χ1n) is 26.3. The largest absolute Gasteiger partial charge is 1.00 e. The van der Waals surface area contributed by atoms with Crippen LogP contribution in [0.1, 0.15) is 72.7 Å². The fraction of sp³-hybridized carbons (Fsp3) is 0.267. The van der Waals surface area contributed by atoms with Crippen LogP contribution in [0.2, 0.25) is 41.7 Å². The molecule has 342 valence electrons. The molecule has 7 aromatic rings. The van der Waals surface area contributed by atoms with Crippen LogP contribution < -0.4 is 51.4 Å². The maximum Gasteiger partial charge on any atom is 1.00 e. The van der Waals surface area contributed by atoms with Gasteiger partial charge < -0.3 is 9.97 Å². The fourth-order valence-electron chi connectivity index (χ4n) is 11.9. The van der Waals surface area contributed by atoms with Crippen molar-refractivity contribution in [2.24, 2.45) is 0 Å². The fourth-order valence-corrected chi connectivity index (χ4v) is 11.9. The van der Waals surface area contributed by atoms with E-state index in [4.69, 9.17) is 72.7 Å². The van der Waals surface area contributed by atoms with Gasteiger partial charge in [0.2, 0.25) is 0 Å². The van der Waals surface area contributed by atoms with Gasteiger partial charge in [-0.2, -0.15) is 0 Å². The summed E-state index contributed by atoms with van der Waals surface area (Å²) in [7, 11) is 60.7. The summed E-state index contributed by atoms with van der Waals surface area (Å²) >= 11 is 0. The molecule has 13 rings (SSSR count). The van der Waals surface area contributed by atoms with Crippen LogP contribution in [0.3, 0.4) is 0 Å². The topological polar surface area (TPSA) is 57.4 Å². The van der Waals surface area contributed by atoms with Gasteiger partial charge in [0.25, 0.3) is 0 Å². The number of aromatic nitrogens is 4. The predicted octanol–water partition coefficient (Wildman–Crippen LogP) is 7.73. The quantitative estimate of drug-likeness (QED) is 0.123. The van der Waals surface area contributed by atoms with E-state index in [2.05, 4.69) is 156 Å². The van der Waals surface area contributed by atoms with Gasteiger partial charge in [-0.15, -0.1) is 20.9 Å². The van der Waals surface area contributed by atoms with Gasteiger partial charge in [0, 0.05) is 44.3 Å². The summed E-state index contributed by atoms with van der Waals surface area (Å²) in [5.41, 5.74) is 19.0. The maximum absolute atomic E-state index is 6.71. The van der Waals surface area contributed by atoms with Gasteiger partial charge in [-0.05, 0) is 119 Å². The van der Waals surface area contributed by atoms with Gasteiger partial charge in [0.05, 0.1) is 85.5 Å². The Balaban J connectivity index is 0.00000596. The molecule has 8 bridgehead atoms. The Morgan fingerprint density at radius 2 is 0.532 bits per heavy atom. The summed E-state index contributed by atoms with van der Waals surface area (Å²) in [5.74, 6) is 0. The molecule has 2 N–H and O–H groups in total. The Hall–Kier alpha value is -4.10. The molecule has 3 aromatic heterocycles. The van der Waals surface area contributed by atoms with Crippen LogP contribution in [0, 0.1) is 0 Å². The summed E-state index contributed by atoms with van der Waals surface area (Å²) in [4.78, 5) is 18.9. The number of H-pyrrole nitrogens is 2. The standard InChI is InChI=1S/C60H46B12N4.K/c1-53(61)57(65,69-53)29-33-5-13-37(14-6-33)49-41-21-23-43(73-41)50(38-15-7-34(8-16-38)30-58(66)54(2,62)70-58)45-25-27-47(75-45)52(40-19-11-36(12-20-40)32-60(68)56(4,64)72-60)48-28-26-46(76-48)51(44-24-22-42(49)74-44)39-17-9-35(10-18-39)31-59(67)55(3,63)71-59;/h5-28,73-74H,29-32H2,1-4H3;/q;+1. The SMILES string of the molecule is [B]C1(C)[B]C1([B])Cc1ccc(-c2c3nc(c(-c4ccc(CC5([B])[B]C5([B])C)cc4)c4ccc([nH]4)c(-c4ccc(CC5([B])[B]C5([B])C)cc4)c4ccc([nH]4)c(-c4ccc(CC5([B])[B]C5([B])C)cc4)c4nc2C=C4)C=C3)cc1.[K+]. The minimum Gasteiger partial charge on any atom is -0.354 e. The molecule has 0 aliphatic carbocycles. The molecule has 4 nitrogen and oxygen atoms in total. The van der Waals surface area contributed by atoms with Crippen LogP contribution in [-0.2, 0) is 25.7 Å². The molecule has 0 saturated carbocycles. The number of nitrogens with zero attached hydrogens (tertiary/aromatic N) is 2. The van der Waals surface area contributed by atoms with Gasteiger partial charge in [0.15, 0.2) is 0 Å². The average molecular weight is 992 g/mol. The van der Waals surface area contributed by atoms with Crippen LogP contribution in [0.25, 0.3) is 90.9 Å². The van der Waals surface area contributed by atoms with E-state index in [9.17, 15) is 0 Å². The minimum atomic E-state index is -0.557. The maximum atomic E-state index is 6.71. The first-order valence-corrected chi connectivity index (χ1v) is 26.3. The molecule has 8 atom stereocenters. The molecule has 6 aliphatic heterocycles. The monoisotopic (exact) mass is 993 g/mol. The molecular formula is C60H46B12KN4+.